The van der Waals surface area contributed by atoms with Crippen LogP contribution in [0.5, 0.6) is 0 Å². The Hall–Kier alpha value is -2.03. The van der Waals surface area contributed by atoms with E-state index in [0.717, 1.165) is 11.1 Å². The Balaban J connectivity index is 2.59. The lowest BCUT2D eigenvalue weighted by Crippen LogP contribution is -1.96. The zero-order valence-corrected chi connectivity index (χ0v) is 8.23. The van der Waals surface area contributed by atoms with Crippen LogP contribution in [0.15, 0.2) is 41.0 Å². The predicted molar refractivity (Wildman–Crippen MR) is 55.8 cm³/mol. The molecule has 0 fully saturated rings. The molecule has 1 heterocycles. The smallest absolute Gasteiger partial charge is 0.372 e. The van der Waals surface area contributed by atoms with Crippen LogP contribution in [-0.2, 0) is 0 Å². The van der Waals surface area contributed by atoms with Crippen LogP contribution in [0.2, 0.25) is 0 Å². The van der Waals surface area contributed by atoms with Crippen molar-refractivity contribution in [3.63, 3.8) is 0 Å². The third-order valence-corrected chi connectivity index (χ3v) is 2.29. The topological polar surface area (TPSA) is 50.4 Å². The highest BCUT2D eigenvalue weighted by Crippen LogP contribution is 2.27. The number of furan rings is 1. The minimum absolute atomic E-state index is 0.00991. The molecule has 0 aliphatic rings. The van der Waals surface area contributed by atoms with E-state index in [0.29, 0.717) is 5.56 Å². The molecule has 0 unspecified atom stereocenters. The van der Waals surface area contributed by atoms with E-state index in [1.807, 2.05) is 31.2 Å². The molecule has 0 radical (unpaired) electrons. The van der Waals surface area contributed by atoms with Gasteiger partial charge in [0, 0.05) is 5.56 Å². The molecule has 0 aliphatic carbocycles. The zero-order valence-electron chi connectivity index (χ0n) is 8.23. The molecular formula is C12H10O3. The van der Waals surface area contributed by atoms with Gasteiger partial charge in [-0.3, -0.25) is 0 Å². The Kier molecular flexibility index (Phi) is 2.29. The number of rotatable bonds is 2. The first-order valence-electron chi connectivity index (χ1n) is 4.57. The lowest BCUT2D eigenvalue weighted by atomic mass is 10.0. The first-order chi connectivity index (χ1) is 7.20. The summed E-state index contributed by atoms with van der Waals surface area (Å²) >= 11 is 0. The highest BCUT2D eigenvalue weighted by atomic mass is 16.4. The van der Waals surface area contributed by atoms with Crippen LogP contribution < -0.4 is 0 Å². The van der Waals surface area contributed by atoms with Gasteiger partial charge < -0.3 is 9.52 Å². The number of aromatic carboxylic acids is 1. The van der Waals surface area contributed by atoms with Gasteiger partial charge in [0.05, 0.1) is 6.26 Å². The molecular weight excluding hydrogens is 192 g/mol. The monoisotopic (exact) mass is 202 g/mol. The fourth-order valence-electron chi connectivity index (χ4n) is 1.56. The third kappa shape index (κ3) is 1.64. The molecule has 0 saturated heterocycles. The molecule has 0 spiro atoms. The normalized spacial score (nSPS) is 10.2. The van der Waals surface area contributed by atoms with Crippen LogP contribution in [0.1, 0.15) is 16.1 Å². The number of benzene rings is 1. The summed E-state index contributed by atoms with van der Waals surface area (Å²) in [5, 5.41) is 8.91. The number of carbonyl (C=O) groups is 1. The van der Waals surface area contributed by atoms with E-state index in [1.165, 1.54) is 6.26 Å². The molecule has 1 N–H and O–H groups in total. The van der Waals surface area contributed by atoms with Crippen molar-refractivity contribution in [3.8, 4) is 11.1 Å². The van der Waals surface area contributed by atoms with E-state index in [9.17, 15) is 4.79 Å². The molecule has 2 aromatic rings. The average Bonchev–Trinajstić information content (AvgIpc) is 2.67. The molecule has 0 bridgehead atoms. The van der Waals surface area contributed by atoms with E-state index in [4.69, 9.17) is 9.52 Å². The molecule has 15 heavy (non-hydrogen) atoms. The number of aryl methyl sites for hydroxylation is 1. The summed E-state index contributed by atoms with van der Waals surface area (Å²) in [6, 6.07) is 9.28. The maximum Gasteiger partial charge on any atom is 0.372 e. The molecule has 3 heteroatoms. The number of carboxylic acid groups (broad SMARTS) is 1. The van der Waals surface area contributed by atoms with Crippen molar-refractivity contribution in [2.75, 3.05) is 0 Å². The second-order valence-corrected chi connectivity index (χ2v) is 3.28. The van der Waals surface area contributed by atoms with Crippen LogP contribution in [-0.4, -0.2) is 11.1 Å². The van der Waals surface area contributed by atoms with Gasteiger partial charge in [-0.25, -0.2) is 4.79 Å². The molecule has 0 atom stereocenters. The van der Waals surface area contributed by atoms with Crippen LogP contribution in [0.4, 0.5) is 0 Å². The lowest BCUT2D eigenvalue weighted by molar-refractivity contribution is 0.0663. The molecule has 3 nitrogen and oxygen atoms in total. The molecule has 1 aromatic carbocycles. The average molecular weight is 202 g/mol. The molecule has 76 valence electrons. The van der Waals surface area contributed by atoms with Crippen LogP contribution in [0.25, 0.3) is 11.1 Å². The van der Waals surface area contributed by atoms with Crippen molar-refractivity contribution in [3.05, 3.63) is 47.9 Å². The molecule has 0 saturated carbocycles. The maximum atomic E-state index is 10.9. The molecule has 0 amide bonds. The SMILES string of the molecule is Cc1ccccc1-c1ccoc1C(=O)O. The Labute approximate surface area is 87.0 Å². The minimum atomic E-state index is -1.04. The highest BCUT2D eigenvalue weighted by Gasteiger charge is 2.16. The number of hydrogen-bond acceptors (Lipinski definition) is 2. The highest BCUT2D eigenvalue weighted by molar-refractivity contribution is 5.93. The van der Waals surface area contributed by atoms with Crippen molar-refractivity contribution in [2.24, 2.45) is 0 Å². The van der Waals surface area contributed by atoms with Gasteiger partial charge in [0.25, 0.3) is 0 Å². The van der Waals surface area contributed by atoms with Crippen molar-refractivity contribution in [1.29, 1.82) is 0 Å². The van der Waals surface area contributed by atoms with Gasteiger partial charge in [0.2, 0.25) is 5.76 Å². The van der Waals surface area contributed by atoms with Gasteiger partial charge in [-0.2, -0.15) is 0 Å². The van der Waals surface area contributed by atoms with Crippen molar-refractivity contribution < 1.29 is 14.3 Å². The standard InChI is InChI=1S/C12H10O3/c1-8-4-2-3-5-9(8)10-6-7-15-11(10)12(13)14/h2-7H,1H3,(H,13,14). The van der Waals surface area contributed by atoms with Crippen molar-refractivity contribution in [2.45, 2.75) is 6.92 Å². The Morgan fingerprint density at radius 2 is 1.93 bits per heavy atom. The van der Waals surface area contributed by atoms with Crippen LogP contribution in [0, 0.1) is 6.92 Å². The van der Waals surface area contributed by atoms with Gasteiger partial charge in [0.1, 0.15) is 0 Å². The summed E-state index contributed by atoms with van der Waals surface area (Å²) in [6.45, 7) is 1.94. The number of hydrogen-bond donors (Lipinski definition) is 1. The summed E-state index contributed by atoms with van der Waals surface area (Å²) in [6.07, 6.45) is 1.39. The van der Waals surface area contributed by atoms with Crippen molar-refractivity contribution in [1.82, 2.24) is 0 Å². The van der Waals surface area contributed by atoms with Gasteiger partial charge in [0.15, 0.2) is 0 Å². The summed E-state index contributed by atoms with van der Waals surface area (Å²) in [5.74, 6) is -1.05. The summed E-state index contributed by atoms with van der Waals surface area (Å²) < 4.78 is 4.94. The first-order valence-corrected chi connectivity index (χ1v) is 4.57. The summed E-state index contributed by atoms with van der Waals surface area (Å²) in [5.41, 5.74) is 2.55. The van der Waals surface area contributed by atoms with Crippen LogP contribution >= 0.6 is 0 Å². The van der Waals surface area contributed by atoms with E-state index < -0.39 is 5.97 Å². The molecule has 0 aliphatic heterocycles. The molecule has 1 aromatic heterocycles. The predicted octanol–water partition coefficient (Wildman–Crippen LogP) is 2.95. The lowest BCUT2D eigenvalue weighted by Gasteiger charge is -2.03. The Bertz CT molecular complexity index is 497. The van der Waals surface area contributed by atoms with E-state index in [2.05, 4.69) is 0 Å². The fraction of sp³-hybridized carbons (Fsp3) is 0.0833. The summed E-state index contributed by atoms with van der Waals surface area (Å²) in [7, 11) is 0. The molecule has 2 rings (SSSR count). The van der Waals surface area contributed by atoms with Gasteiger partial charge in [-0.05, 0) is 24.1 Å². The van der Waals surface area contributed by atoms with Gasteiger partial charge >= 0.3 is 5.97 Å². The largest absolute Gasteiger partial charge is 0.475 e. The first kappa shape index (κ1) is 9.52. The van der Waals surface area contributed by atoms with Gasteiger partial charge in [-0.1, -0.05) is 24.3 Å². The Morgan fingerprint density at radius 3 is 2.60 bits per heavy atom. The van der Waals surface area contributed by atoms with Gasteiger partial charge in [-0.15, -0.1) is 0 Å². The van der Waals surface area contributed by atoms with E-state index in [-0.39, 0.29) is 5.76 Å². The Morgan fingerprint density at radius 1 is 1.20 bits per heavy atom. The van der Waals surface area contributed by atoms with Crippen molar-refractivity contribution >= 4 is 5.97 Å². The maximum absolute atomic E-state index is 10.9. The third-order valence-electron chi connectivity index (χ3n) is 2.29. The zero-order chi connectivity index (χ0) is 10.8. The minimum Gasteiger partial charge on any atom is -0.475 e. The quantitative estimate of drug-likeness (QED) is 0.814. The van der Waals surface area contributed by atoms with E-state index in [1.54, 1.807) is 6.07 Å². The number of carboxylic acids is 1. The summed E-state index contributed by atoms with van der Waals surface area (Å²) in [4.78, 5) is 10.9. The van der Waals surface area contributed by atoms with Crippen LogP contribution in [0.3, 0.4) is 0 Å². The van der Waals surface area contributed by atoms with E-state index >= 15 is 0 Å². The fourth-order valence-corrected chi connectivity index (χ4v) is 1.56. The second kappa shape index (κ2) is 3.61. The second-order valence-electron chi connectivity index (χ2n) is 3.28.